The molecule has 0 radical (unpaired) electrons. The second-order valence-electron chi connectivity index (χ2n) is 6.71. The average molecular weight is 448 g/mol. The molecular formula is C16H21IN2O5. The van der Waals surface area contributed by atoms with Gasteiger partial charge < -0.3 is 14.6 Å². The van der Waals surface area contributed by atoms with Crippen LogP contribution in [0.2, 0.25) is 0 Å². The number of amides is 1. The van der Waals surface area contributed by atoms with Gasteiger partial charge in [-0.25, -0.2) is 9.78 Å². The first-order valence-corrected chi connectivity index (χ1v) is 8.61. The van der Waals surface area contributed by atoms with Crippen LogP contribution in [0.15, 0.2) is 18.2 Å². The van der Waals surface area contributed by atoms with Crippen molar-refractivity contribution in [2.24, 2.45) is 0 Å². The van der Waals surface area contributed by atoms with Crippen molar-refractivity contribution in [2.45, 2.75) is 45.0 Å². The fourth-order valence-electron chi connectivity index (χ4n) is 2.25. The van der Waals surface area contributed by atoms with Crippen molar-refractivity contribution in [1.82, 2.24) is 4.98 Å². The number of halogens is 1. The van der Waals surface area contributed by atoms with Crippen LogP contribution in [-0.2, 0) is 19.1 Å². The first-order valence-electron chi connectivity index (χ1n) is 7.54. The van der Waals surface area contributed by atoms with E-state index in [4.69, 9.17) is 9.47 Å². The van der Waals surface area contributed by atoms with Crippen molar-refractivity contribution in [3.63, 3.8) is 0 Å². The van der Waals surface area contributed by atoms with Crippen LogP contribution in [-0.4, -0.2) is 52.4 Å². The zero-order valence-electron chi connectivity index (χ0n) is 14.1. The fourth-order valence-corrected chi connectivity index (χ4v) is 2.71. The number of morpholine rings is 1. The Labute approximate surface area is 154 Å². The molecule has 1 amide bonds. The van der Waals surface area contributed by atoms with E-state index in [2.05, 4.69) is 27.6 Å². The van der Waals surface area contributed by atoms with E-state index >= 15 is 0 Å². The molecule has 2 atom stereocenters. The summed E-state index contributed by atoms with van der Waals surface area (Å²) >= 11 is 2.05. The Morgan fingerprint density at radius 2 is 2.08 bits per heavy atom. The lowest BCUT2D eigenvalue weighted by atomic mass is 9.96. The van der Waals surface area contributed by atoms with Crippen LogP contribution in [0.4, 0.5) is 5.82 Å². The lowest BCUT2D eigenvalue weighted by Crippen LogP contribution is -2.61. The Morgan fingerprint density at radius 3 is 2.67 bits per heavy atom. The predicted molar refractivity (Wildman–Crippen MR) is 95.5 cm³/mol. The molecule has 8 heteroatoms. The van der Waals surface area contributed by atoms with Crippen molar-refractivity contribution in [3.8, 4) is 0 Å². The molecule has 1 aliphatic heterocycles. The number of anilines is 1. The third kappa shape index (κ3) is 4.22. The van der Waals surface area contributed by atoms with E-state index in [1.54, 1.807) is 32.9 Å². The third-order valence-corrected chi connectivity index (χ3v) is 3.99. The van der Waals surface area contributed by atoms with Gasteiger partial charge in [0.25, 0.3) is 5.91 Å². The normalized spacial score (nSPS) is 21.3. The third-order valence-electron chi connectivity index (χ3n) is 3.39. The summed E-state index contributed by atoms with van der Waals surface area (Å²) in [6.07, 6.45) is -1.35. The molecule has 2 unspecified atom stereocenters. The molecule has 2 rings (SSSR count). The largest absolute Gasteiger partial charge is 0.458 e. The van der Waals surface area contributed by atoms with Gasteiger partial charge in [-0.3, -0.25) is 9.69 Å². The monoisotopic (exact) mass is 448 g/mol. The van der Waals surface area contributed by atoms with Gasteiger partial charge in [-0.15, -0.1) is 0 Å². The Hall–Kier alpha value is -1.26. The molecular weight excluding hydrogens is 427 g/mol. The predicted octanol–water partition coefficient (Wildman–Crippen LogP) is 1.51. The second-order valence-corrected chi connectivity index (χ2v) is 7.81. The highest BCUT2D eigenvalue weighted by atomic mass is 127. The van der Waals surface area contributed by atoms with E-state index in [0.29, 0.717) is 12.4 Å². The highest BCUT2D eigenvalue weighted by molar-refractivity contribution is 14.1. The Kier molecular flexibility index (Phi) is 5.50. The number of pyridine rings is 1. The zero-order valence-corrected chi connectivity index (χ0v) is 16.2. The fraction of sp³-hybridized carbons (Fsp3) is 0.562. The Bertz CT molecular complexity index is 642. The van der Waals surface area contributed by atoms with E-state index in [0.717, 1.165) is 3.70 Å². The quantitative estimate of drug-likeness (QED) is 0.429. The Morgan fingerprint density at radius 1 is 1.42 bits per heavy atom. The van der Waals surface area contributed by atoms with Gasteiger partial charge in [0.2, 0.25) is 0 Å². The van der Waals surface area contributed by atoms with Crippen molar-refractivity contribution in [2.75, 3.05) is 18.1 Å². The van der Waals surface area contributed by atoms with Crippen molar-refractivity contribution in [3.05, 3.63) is 21.9 Å². The molecule has 24 heavy (non-hydrogen) atoms. The molecule has 1 saturated heterocycles. The minimum absolute atomic E-state index is 0.183. The van der Waals surface area contributed by atoms with Crippen LogP contribution in [0.1, 0.15) is 27.7 Å². The maximum absolute atomic E-state index is 12.7. The maximum atomic E-state index is 12.7. The number of hydrogen-bond acceptors (Lipinski definition) is 6. The number of aromatic nitrogens is 1. The van der Waals surface area contributed by atoms with Gasteiger partial charge >= 0.3 is 5.97 Å². The number of hydrogen-bond donors (Lipinski definition) is 1. The van der Waals surface area contributed by atoms with Gasteiger partial charge in [0.05, 0.1) is 13.2 Å². The lowest BCUT2D eigenvalue weighted by Gasteiger charge is -2.38. The molecule has 0 spiro atoms. The van der Waals surface area contributed by atoms with E-state index in [-0.39, 0.29) is 6.61 Å². The van der Waals surface area contributed by atoms with E-state index < -0.39 is 29.2 Å². The van der Waals surface area contributed by atoms with Gasteiger partial charge in [0, 0.05) is 0 Å². The summed E-state index contributed by atoms with van der Waals surface area (Å²) in [5.41, 5.74) is -2.87. The number of esters is 1. The minimum atomic E-state index is -2.09. The lowest BCUT2D eigenvalue weighted by molar-refractivity contribution is -0.194. The molecule has 7 nitrogen and oxygen atoms in total. The van der Waals surface area contributed by atoms with E-state index in [1.807, 2.05) is 6.07 Å². The summed E-state index contributed by atoms with van der Waals surface area (Å²) in [5, 5.41) is 10.6. The SMILES string of the molecule is CC(C)(C)OC(=O)C(C)(O)C1OCCN(c2cccc(I)n2)C1=O. The maximum Gasteiger partial charge on any atom is 0.341 e. The smallest absolute Gasteiger partial charge is 0.341 e. The Balaban J connectivity index is 2.24. The van der Waals surface area contributed by atoms with Gasteiger partial charge in [-0.1, -0.05) is 6.07 Å². The van der Waals surface area contributed by atoms with Crippen molar-refractivity contribution >= 4 is 40.3 Å². The first kappa shape index (κ1) is 19.1. The molecule has 0 aliphatic carbocycles. The summed E-state index contributed by atoms with van der Waals surface area (Å²) in [6.45, 7) is 6.77. The van der Waals surface area contributed by atoms with Gasteiger partial charge in [0.15, 0.2) is 11.7 Å². The number of rotatable bonds is 3. The number of carbonyl (C=O) groups excluding carboxylic acids is 2. The van der Waals surface area contributed by atoms with Crippen LogP contribution < -0.4 is 4.90 Å². The van der Waals surface area contributed by atoms with Crippen molar-refractivity contribution < 1.29 is 24.2 Å². The topological polar surface area (TPSA) is 89.0 Å². The number of aliphatic hydroxyl groups is 1. The molecule has 1 aromatic heterocycles. The zero-order chi connectivity index (χ0) is 18.1. The number of ether oxygens (including phenoxy) is 2. The summed E-state index contributed by atoms with van der Waals surface area (Å²) in [6, 6.07) is 5.29. The molecule has 0 bridgehead atoms. The molecule has 1 fully saturated rings. The molecule has 1 N–H and O–H groups in total. The standard InChI is InChI=1S/C16H21IN2O5/c1-15(2,3)24-14(21)16(4,22)12-13(20)19(8-9-23-12)11-7-5-6-10(17)18-11/h5-7,12,22H,8-9H2,1-4H3. The summed E-state index contributed by atoms with van der Waals surface area (Å²) in [7, 11) is 0. The first-order chi connectivity index (χ1) is 11.0. The van der Waals surface area contributed by atoms with E-state index in [9.17, 15) is 14.7 Å². The summed E-state index contributed by atoms with van der Waals surface area (Å²) in [4.78, 5) is 30.7. The molecule has 0 aromatic carbocycles. The van der Waals surface area contributed by atoms with Crippen LogP contribution in [0.25, 0.3) is 0 Å². The van der Waals surface area contributed by atoms with Gasteiger partial charge in [-0.05, 0) is 62.4 Å². The van der Waals surface area contributed by atoms with Gasteiger partial charge in [0.1, 0.15) is 15.1 Å². The van der Waals surface area contributed by atoms with Crippen LogP contribution >= 0.6 is 22.6 Å². The van der Waals surface area contributed by atoms with Crippen LogP contribution in [0, 0.1) is 3.70 Å². The van der Waals surface area contributed by atoms with Crippen LogP contribution in [0.3, 0.4) is 0 Å². The molecule has 132 valence electrons. The molecule has 0 saturated carbocycles. The molecule has 2 heterocycles. The molecule has 1 aliphatic rings. The highest BCUT2D eigenvalue weighted by Crippen LogP contribution is 2.26. The minimum Gasteiger partial charge on any atom is -0.458 e. The molecule has 1 aromatic rings. The average Bonchev–Trinajstić information content (AvgIpc) is 2.45. The van der Waals surface area contributed by atoms with Gasteiger partial charge in [-0.2, -0.15) is 0 Å². The van der Waals surface area contributed by atoms with E-state index in [1.165, 1.54) is 11.8 Å². The van der Waals surface area contributed by atoms with Crippen molar-refractivity contribution in [1.29, 1.82) is 0 Å². The van der Waals surface area contributed by atoms with Crippen LogP contribution in [0.5, 0.6) is 0 Å². The summed E-state index contributed by atoms with van der Waals surface area (Å²) in [5.74, 6) is -0.961. The highest BCUT2D eigenvalue weighted by Gasteiger charge is 2.50. The number of carbonyl (C=O) groups is 2. The second kappa shape index (κ2) is 6.93. The summed E-state index contributed by atoms with van der Waals surface area (Å²) < 4.78 is 11.3. The number of nitrogens with zero attached hydrogens (tertiary/aromatic N) is 2.